The van der Waals surface area contributed by atoms with Crippen LogP contribution < -0.4 is 5.32 Å². The van der Waals surface area contributed by atoms with Crippen molar-refractivity contribution < 1.29 is 24.2 Å². The SMILES string of the molecule is Cc1cc(-c2ccco2)n(-c2c(Cl)ccc3c2CCNCC3)n1.O=C(O)CCC(=O)O. The summed E-state index contributed by atoms with van der Waals surface area (Å²) >= 11 is 6.58. The molecule has 0 radical (unpaired) electrons. The second kappa shape index (κ2) is 10.3. The van der Waals surface area contributed by atoms with Crippen molar-refractivity contribution in [3.63, 3.8) is 0 Å². The highest BCUT2D eigenvalue weighted by Crippen LogP contribution is 2.33. The Morgan fingerprint density at radius 1 is 1.16 bits per heavy atom. The fraction of sp³-hybridized carbons (Fsp3) is 0.318. The smallest absolute Gasteiger partial charge is 0.303 e. The lowest BCUT2D eigenvalue weighted by Crippen LogP contribution is -2.16. The number of carbonyl (C=O) groups is 2. The summed E-state index contributed by atoms with van der Waals surface area (Å²) in [7, 11) is 0. The lowest BCUT2D eigenvalue weighted by Gasteiger charge is -2.16. The van der Waals surface area contributed by atoms with Crippen LogP contribution in [-0.4, -0.2) is 45.0 Å². The van der Waals surface area contributed by atoms with E-state index in [1.54, 1.807) is 6.26 Å². The summed E-state index contributed by atoms with van der Waals surface area (Å²) in [4.78, 5) is 19.3. The van der Waals surface area contributed by atoms with E-state index in [1.807, 2.05) is 35.9 Å². The molecule has 4 rings (SSSR count). The van der Waals surface area contributed by atoms with Gasteiger partial charge >= 0.3 is 11.9 Å². The Hall–Kier alpha value is -3.10. The molecule has 0 aliphatic carbocycles. The number of fused-ring (bicyclic) bond motifs is 1. The number of rotatable bonds is 5. The average molecular weight is 446 g/mol. The van der Waals surface area contributed by atoms with Crippen LogP contribution in [0.2, 0.25) is 5.02 Å². The summed E-state index contributed by atoms with van der Waals surface area (Å²) in [5, 5.41) is 24.7. The lowest BCUT2D eigenvalue weighted by molar-refractivity contribution is -0.143. The Labute approximate surface area is 184 Å². The minimum atomic E-state index is -1.08. The third-order valence-electron chi connectivity index (χ3n) is 4.82. The fourth-order valence-electron chi connectivity index (χ4n) is 3.44. The van der Waals surface area contributed by atoms with E-state index in [-0.39, 0.29) is 12.8 Å². The van der Waals surface area contributed by atoms with Crippen LogP contribution in [-0.2, 0) is 22.4 Å². The second-order valence-electron chi connectivity index (χ2n) is 7.13. The number of benzene rings is 1. The molecule has 3 heterocycles. The molecule has 0 saturated carbocycles. The molecular weight excluding hydrogens is 422 g/mol. The number of hydrogen-bond donors (Lipinski definition) is 3. The van der Waals surface area contributed by atoms with E-state index in [4.69, 9.17) is 26.2 Å². The zero-order valence-electron chi connectivity index (χ0n) is 17.1. The molecule has 3 N–H and O–H groups in total. The first-order valence-electron chi connectivity index (χ1n) is 9.92. The Balaban J connectivity index is 0.000000293. The van der Waals surface area contributed by atoms with Crippen molar-refractivity contribution in [3.05, 3.63) is 58.4 Å². The molecule has 1 aliphatic rings. The Morgan fingerprint density at radius 2 is 1.87 bits per heavy atom. The van der Waals surface area contributed by atoms with Crippen LogP contribution in [0.4, 0.5) is 0 Å². The number of carboxylic acids is 2. The zero-order chi connectivity index (χ0) is 22.4. The quantitative estimate of drug-likeness (QED) is 0.547. The average Bonchev–Trinajstić information content (AvgIpc) is 3.31. The number of carboxylic acid groups (broad SMARTS) is 2. The van der Waals surface area contributed by atoms with Crippen LogP contribution in [0.3, 0.4) is 0 Å². The summed E-state index contributed by atoms with van der Waals surface area (Å²) in [6.45, 7) is 3.94. The first kappa shape index (κ1) is 22.6. The highest BCUT2D eigenvalue weighted by atomic mass is 35.5. The molecule has 0 atom stereocenters. The van der Waals surface area contributed by atoms with Crippen LogP contribution in [0.15, 0.2) is 41.0 Å². The van der Waals surface area contributed by atoms with E-state index in [0.717, 1.165) is 53.8 Å². The van der Waals surface area contributed by atoms with E-state index >= 15 is 0 Å². The van der Waals surface area contributed by atoms with Gasteiger partial charge in [0, 0.05) is 0 Å². The van der Waals surface area contributed by atoms with Gasteiger partial charge in [-0.05, 0) is 68.2 Å². The van der Waals surface area contributed by atoms with Gasteiger partial charge in [0.25, 0.3) is 0 Å². The zero-order valence-corrected chi connectivity index (χ0v) is 17.9. The van der Waals surface area contributed by atoms with E-state index in [0.29, 0.717) is 0 Å². The molecule has 164 valence electrons. The minimum absolute atomic E-state index is 0.296. The predicted octanol–water partition coefficient (Wildman–Crippen LogP) is 3.72. The summed E-state index contributed by atoms with van der Waals surface area (Å²) in [5.74, 6) is -1.36. The maximum absolute atomic E-state index is 9.64. The molecule has 0 spiro atoms. The minimum Gasteiger partial charge on any atom is -0.481 e. The van der Waals surface area contributed by atoms with Gasteiger partial charge < -0.3 is 19.9 Å². The maximum atomic E-state index is 9.64. The van der Waals surface area contributed by atoms with Crippen molar-refractivity contribution in [2.45, 2.75) is 32.6 Å². The van der Waals surface area contributed by atoms with Gasteiger partial charge in [-0.3, -0.25) is 9.59 Å². The van der Waals surface area contributed by atoms with Gasteiger partial charge in [0.05, 0.1) is 35.5 Å². The fourth-order valence-corrected chi connectivity index (χ4v) is 3.69. The van der Waals surface area contributed by atoms with Crippen LogP contribution >= 0.6 is 11.6 Å². The number of nitrogens with zero attached hydrogens (tertiary/aromatic N) is 2. The van der Waals surface area contributed by atoms with E-state index in [2.05, 4.69) is 16.5 Å². The third-order valence-corrected chi connectivity index (χ3v) is 5.13. The van der Waals surface area contributed by atoms with Crippen LogP contribution in [0.5, 0.6) is 0 Å². The van der Waals surface area contributed by atoms with Crippen LogP contribution in [0.25, 0.3) is 17.1 Å². The van der Waals surface area contributed by atoms with Gasteiger partial charge in [-0.2, -0.15) is 5.10 Å². The standard InChI is InChI=1S/C18H18ClN3O.C4H6O4/c1-12-11-16(17-3-2-10-23-17)22(21-12)18-14-7-9-20-8-6-13(14)4-5-15(18)19;5-3(6)1-2-4(7)8/h2-5,10-11,20H,6-9H2,1H3;1-2H2,(H,5,6)(H,7,8). The van der Waals surface area contributed by atoms with Gasteiger partial charge in [-0.15, -0.1) is 0 Å². The molecule has 0 unspecified atom stereocenters. The molecule has 1 aliphatic heterocycles. The first-order chi connectivity index (χ1) is 14.9. The lowest BCUT2D eigenvalue weighted by atomic mass is 10.0. The number of halogens is 1. The molecule has 0 amide bonds. The number of aliphatic carboxylic acids is 2. The van der Waals surface area contributed by atoms with E-state index < -0.39 is 11.9 Å². The normalized spacial score (nSPS) is 13.0. The number of aromatic nitrogens is 2. The summed E-state index contributed by atoms with van der Waals surface area (Å²) in [6, 6.07) is 9.98. The Kier molecular flexibility index (Phi) is 7.49. The monoisotopic (exact) mass is 445 g/mol. The van der Waals surface area contributed by atoms with Crippen molar-refractivity contribution in [1.82, 2.24) is 15.1 Å². The molecule has 0 bridgehead atoms. The van der Waals surface area contributed by atoms with Gasteiger partial charge in [0.1, 0.15) is 5.69 Å². The molecule has 0 saturated heterocycles. The maximum Gasteiger partial charge on any atom is 0.303 e. The number of hydrogen-bond acceptors (Lipinski definition) is 5. The number of aryl methyl sites for hydroxylation is 1. The molecule has 9 heteroatoms. The summed E-state index contributed by atoms with van der Waals surface area (Å²) in [6.07, 6.45) is 3.04. The highest BCUT2D eigenvalue weighted by molar-refractivity contribution is 6.32. The van der Waals surface area contributed by atoms with Gasteiger partial charge in [0.2, 0.25) is 0 Å². The van der Waals surface area contributed by atoms with E-state index in [9.17, 15) is 9.59 Å². The van der Waals surface area contributed by atoms with Crippen LogP contribution in [0.1, 0.15) is 29.7 Å². The molecular formula is C22H24ClN3O5. The van der Waals surface area contributed by atoms with Crippen molar-refractivity contribution in [1.29, 1.82) is 0 Å². The molecule has 1 aromatic carbocycles. The predicted molar refractivity (Wildman–Crippen MR) is 116 cm³/mol. The Bertz CT molecular complexity index is 1050. The van der Waals surface area contributed by atoms with Gasteiger partial charge in [0.15, 0.2) is 5.76 Å². The van der Waals surface area contributed by atoms with E-state index in [1.165, 1.54) is 11.1 Å². The second-order valence-corrected chi connectivity index (χ2v) is 7.54. The third kappa shape index (κ3) is 5.74. The molecule has 31 heavy (non-hydrogen) atoms. The van der Waals surface area contributed by atoms with Crippen molar-refractivity contribution in [3.8, 4) is 17.1 Å². The molecule has 3 aromatic rings. The topological polar surface area (TPSA) is 118 Å². The number of nitrogens with one attached hydrogen (secondary N) is 1. The number of furan rings is 1. The summed E-state index contributed by atoms with van der Waals surface area (Å²) in [5.41, 5.74) is 5.47. The molecule has 2 aromatic heterocycles. The Morgan fingerprint density at radius 3 is 2.52 bits per heavy atom. The molecule has 0 fully saturated rings. The van der Waals surface area contributed by atoms with Crippen molar-refractivity contribution in [2.75, 3.05) is 13.1 Å². The molecule has 8 nitrogen and oxygen atoms in total. The van der Waals surface area contributed by atoms with Crippen LogP contribution in [0, 0.1) is 6.92 Å². The summed E-state index contributed by atoms with van der Waals surface area (Å²) < 4.78 is 7.52. The van der Waals surface area contributed by atoms with Gasteiger partial charge in [-0.25, -0.2) is 4.68 Å². The largest absolute Gasteiger partial charge is 0.481 e. The van der Waals surface area contributed by atoms with Gasteiger partial charge in [-0.1, -0.05) is 17.7 Å². The van der Waals surface area contributed by atoms with Crippen molar-refractivity contribution in [2.24, 2.45) is 0 Å². The highest BCUT2D eigenvalue weighted by Gasteiger charge is 2.20. The first-order valence-corrected chi connectivity index (χ1v) is 10.3. The van der Waals surface area contributed by atoms with Crippen molar-refractivity contribution >= 4 is 23.5 Å².